The van der Waals surface area contributed by atoms with Gasteiger partial charge in [-0.1, -0.05) is 15.9 Å². The normalized spacial score (nSPS) is 14.4. The molecule has 1 unspecified atom stereocenters. The lowest BCUT2D eigenvalue weighted by molar-refractivity contribution is -0.137. The molecule has 1 aromatic carbocycles. The van der Waals surface area contributed by atoms with Crippen molar-refractivity contribution in [2.24, 2.45) is 0 Å². The highest BCUT2D eigenvalue weighted by atomic mass is 79.9. The molecule has 0 spiro atoms. The summed E-state index contributed by atoms with van der Waals surface area (Å²) in [5.41, 5.74) is -1.45. The Balaban J connectivity index is 3.01. The van der Waals surface area contributed by atoms with Crippen LogP contribution in [0.15, 0.2) is 22.7 Å². The van der Waals surface area contributed by atoms with Crippen LogP contribution in [0.5, 0.6) is 0 Å². The molecule has 0 aliphatic rings. The Hall–Kier alpha value is -0.750. The minimum absolute atomic E-state index is 0.311. The van der Waals surface area contributed by atoms with Crippen LogP contribution in [0.1, 0.15) is 26.3 Å². The van der Waals surface area contributed by atoms with E-state index in [-0.39, 0.29) is 6.04 Å². The fraction of sp³-hybridized carbons (Fsp3) is 0.500. The zero-order valence-corrected chi connectivity index (χ0v) is 11.9. The second-order valence-corrected chi connectivity index (χ2v) is 5.66. The van der Waals surface area contributed by atoms with Crippen LogP contribution in [-0.4, -0.2) is 16.7 Å². The molecule has 2 N–H and O–H groups in total. The maximum absolute atomic E-state index is 12.6. The lowest BCUT2D eigenvalue weighted by atomic mass is 10.0. The number of nitrogens with one attached hydrogen (secondary N) is 1. The number of anilines is 1. The summed E-state index contributed by atoms with van der Waals surface area (Å²) in [5, 5.41) is 12.6. The van der Waals surface area contributed by atoms with Gasteiger partial charge in [0.2, 0.25) is 0 Å². The largest absolute Gasteiger partial charge is 0.416 e. The number of aliphatic hydroxyl groups is 1. The third-order valence-corrected chi connectivity index (χ3v) is 3.13. The minimum atomic E-state index is -4.39. The van der Waals surface area contributed by atoms with Gasteiger partial charge in [-0.3, -0.25) is 0 Å². The Morgan fingerprint density at radius 2 is 1.78 bits per heavy atom. The van der Waals surface area contributed by atoms with Crippen LogP contribution in [0.2, 0.25) is 0 Å². The van der Waals surface area contributed by atoms with E-state index in [2.05, 4.69) is 21.2 Å². The summed E-state index contributed by atoms with van der Waals surface area (Å²) in [6.45, 7) is 4.88. The molecule has 2 nitrogen and oxygen atoms in total. The average Bonchev–Trinajstić information content (AvgIpc) is 2.13. The number of hydrogen-bond acceptors (Lipinski definition) is 2. The molecular weight excluding hydrogens is 311 g/mol. The molecule has 18 heavy (non-hydrogen) atoms. The molecule has 1 aromatic rings. The molecule has 0 aliphatic heterocycles. The third kappa shape index (κ3) is 4.17. The van der Waals surface area contributed by atoms with Gasteiger partial charge in [0.25, 0.3) is 0 Å². The summed E-state index contributed by atoms with van der Waals surface area (Å²) in [6.07, 6.45) is -4.39. The van der Waals surface area contributed by atoms with Gasteiger partial charge < -0.3 is 10.4 Å². The summed E-state index contributed by atoms with van der Waals surface area (Å²) in [7, 11) is 0. The van der Waals surface area contributed by atoms with E-state index in [4.69, 9.17) is 0 Å². The van der Waals surface area contributed by atoms with E-state index in [1.807, 2.05) is 0 Å². The molecule has 0 aromatic heterocycles. The Labute approximate surface area is 112 Å². The van der Waals surface area contributed by atoms with Crippen molar-refractivity contribution in [3.05, 3.63) is 28.2 Å². The fourth-order valence-electron chi connectivity index (χ4n) is 1.26. The van der Waals surface area contributed by atoms with E-state index in [0.29, 0.717) is 10.2 Å². The Morgan fingerprint density at radius 3 is 2.22 bits per heavy atom. The fourth-order valence-corrected chi connectivity index (χ4v) is 1.76. The van der Waals surface area contributed by atoms with Gasteiger partial charge in [-0.25, -0.2) is 0 Å². The number of hydrogen-bond donors (Lipinski definition) is 2. The predicted octanol–water partition coefficient (Wildman–Crippen LogP) is 4.04. The highest BCUT2D eigenvalue weighted by Crippen LogP contribution is 2.33. The molecule has 6 heteroatoms. The van der Waals surface area contributed by atoms with Crippen LogP contribution < -0.4 is 5.32 Å². The number of alkyl halides is 3. The summed E-state index contributed by atoms with van der Waals surface area (Å²) in [4.78, 5) is 0. The van der Waals surface area contributed by atoms with Crippen molar-refractivity contribution >= 4 is 21.6 Å². The van der Waals surface area contributed by atoms with Crippen molar-refractivity contribution in [2.45, 2.75) is 38.6 Å². The maximum Gasteiger partial charge on any atom is 0.416 e. The van der Waals surface area contributed by atoms with Crippen LogP contribution in [0.3, 0.4) is 0 Å². The van der Waals surface area contributed by atoms with E-state index < -0.39 is 17.3 Å². The van der Waals surface area contributed by atoms with Crippen LogP contribution in [-0.2, 0) is 6.18 Å². The van der Waals surface area contributed by atoms with Gasteiger partial charge in [0.05, 0.1) is 17.2 Å². The van der Waals surface area contributed by atoms with Crippen molar-refractivity contribution in [2.75, 3.05) is 5.32 Å². The number of halogens is 4. The molecule has 0 aliphatic carbocycles. The van der Waals surface area contributed by atoms with Gasteiger partial charge in [-0.2, -0.15) is 13.2 Å². The number of benzene rings is 1. The van der Waals surface area contributed by atoms with Gasteiger partial charge in [0.1, 0.15) is 0 Å². The Morgan fingerprint density at radius 1 is 1.22 bits per heavy atom. The number of rotatable bonds is 3. The molecule has 0 heterocycles. The molecule has 0 radical (unpaired) electrons. The first-order valence-corrected chi connectivity index (χ1v) is 6.16. The summed E-state index contributed by atoms with van der Waals surface area (Å²) in [5.74, 6) is 0. The summed E-state index contributed by atoms with van der Waals surface area (Å²) < 4.78 is 38.2. The van der Waals surface area contributed by atoms with Gasteiger partial charge >= 0.3 is 6.18 Å². The van der Waals surface area contributed by atoms with Gasteiger partial charge in [-0.05, 0) is 39.0 Å². The van der Waals surface area contributed by atoms with E-state index in [1.54, 1.807) is 20.8 Å². The average molecular weight is 326 g/mol. The van der Waals surface area contributed by atoms with Crippen LogP contribution in [0.4, 0.5) is 18.9 Å². The van der Waals surface area contributed by atoms with Gasteiger partial charge in [-0.15, -0.1) is 0 Å². The smallest absolute Gasteiger partial charge is 0.388 e. The molecule has 0 saturated carbocycles. The zero-order chi connectivity index (χ0) is 14.1. The van der Waals surface area contributed by atoms with Crippen molar-refractivity contribution < 1.29 is 18.3 Å². The van der Waals surface area contributed by atoms with E-state index in [0.717, 1.165) is 12.1 Å². The molecule has 1 atom stereocenters. The predicted molar refractivity (Wildman–Crippen MR) is 68.5 cm³/mol. The SMILES string of the molecule is CC(Nc1cc(Br)cc(C(F)(F)F)c1)C(C)(C)O. The molecule has 0 bridgehead atoms. The Bertz CT molecular complexity index is 426. The van der Waals surface area contributed by atoms with Crippen LogP contribution in [0, 0.1) is 0 Å². The topological polar surface area (TPSA) is 32.3 Å². The third-order valence-electron chi connectivity index (χ3n) is 2.67. The first kappa shape index (κ1) is 15.3. The first-order valence-electron chi connectivity index (χ1n) is 5.37. The quantitative estimate of drug-likeness (QED) is 0.879. The summed E-state index contributed by atoms with van der Waals surface area (Å²) >= 11 is 3.04. The molecule has 0 fully saturated rings. The molecular formula is C12H15BrF3NO. The molecule has 102 valence electrons. The van der Waals surface area contributed by atoms with Crippen LogP contribution in [0.25, 0.3) is 0 Å². The van der Waals surface area contributed by atoms with E-state index in [9.17, 15) is 18.3 Å². The van der Waals surface area contributed by atoms with Crippen molar-refractivity contribution in [1.82, 2.24) is 0 Å². The van der Waals surface area contributed by atoms with Gasteiger partial charge in [0, 0.05) is 10.2 Å². The minimum Gasteiger partial charge on any atom is -0.388 e. The highest BCUT2D eigenvalue weighted by molar-refractivity contribution is 9.10. The molecule has 0 amide bonds. The second-order valence-electron chi connectivity index (χ2n) is 4.75. The molecule has 0 saturated heterocycles. The summed E-state index contributed by atoms with van der Waals surface area (Å²) in [6, 6.07) is 3.19. The monoisotopic (exact) mass is 325 g/mol. The first-order chi connectivity index (χ1) is 8.00. The van der Waals surface area contributed by atoms with Crippen LogP contribution >= 0.6 is 15.9 Å². The van der Waals surface area contributed by atoms with Gasteiger partial charge in [0.15, 0.2) is 0 Å². The Kier molecular flexibility index (Phi) is 4.33. The van der Waals surface area contributed by atoms with E-state index in [1.165, 1.54) is 6.07 Å². The maximum atomic E-state index is 12.6. The van der Waals surface area contributed by atoms with E-state index >= 15 is 0 Å². The zero-order valence-electron chi connectivity index (χ0n) is 10.3. The lowest BCUT2D eigenvalue weighted by Crippen LogP contribution is -2.39. The second kappa shape index (κ2) is 5.09. The van der Waals surface area contributed by atoms with Crippen molar-refractivity contribution in [3.63, 3.8) is 0 Å². The lowest BCUT2D eigenvalue weighted by Gasteiger charge is -2.28. The highest BCUT2D eigenvalue weighted by Gasteiger charge is 2.31. The standard InChI is InChI=1S/C12H15BrF3NO/c1-7(11(2,3)18)17-10-5-8(12(14,15)16)4-9(13)6-10/h4-7,17-18H,1-3H3. The van der Waals surface area contributed by atoms with Crippen molar-refractivity contribution in [1.29, 1.82) is 0 Å². The molecule has 1 rings (SSSR count). The van der Waals surface area contributed by atoms with Crippen molar-refractivity contribution in [3.8, 4) is 0 Å².